The predicted molar refractivity (Wildman–Crippen MR) is 75.9 cm³/mol. The Bertz CT molecular complexity index is 661. The third-order valence-corrected chi connectivity index (χ3v) is 5.53. The highest BCUT2D eigenvalue weighted by molar-refractivity contribution is 7.91. The van der Waals surface area contributed by atoms with Gasteiger partial charge in [-0.25, -0.2) is 12.8 Å². The van der Waals surface area contributed by atoms with Gasteiger partial charge in [-0.2, -0.15) is 0 Å². The summed E-state index contributed by atoms with van der Waals surface area (Å²) in [6.07, 6.45) is 1.06. The van der Waals surface area contributed by atoms with Crippen molar-refractivity contribution in [2.45, 2.75) is 18.1 Å². The number of carbonyl (C=O) groups is 1. The lowest BCUT2D eigenvalue weighted by Crippen LogP contribution is -2.33. The van der Waals surface area contributed by atoms with Crippen LogP contribution in [0.4, 0.5) is 4.39 Å². The van der Waals surface area contributed by atoms with Crippen LogP contribution in [0.2, 0.25) is 0 Å². The number of hydrogen-bond donors (Lipinski definition) is 1. The molecule has 1 fully saturated rings. The molecule has 0 heterocycles. The van der Waals surface area contributed by atoms with E-state index >= 15 is 0 Å². The molecule has 0 aromatic heterocycles. The Morgan fingerprint density at radius 2 is 2.14 bits per heavy atom. The molecule has 0 radical (unpaired) electrons. The largest absolute Gasteiger partial charge is 0.465 e. The topological polar surface area (TPSA) is 86.5 Å². The van der Waals surface area contributed by atoms with E-state index in [0.29, 0.717) is 5.56 Å². The molecule has 0 spiro atoms. The highest BCUT2D eigenvalue weighted by Gasteiger charge is 2.74. The van der Waals surface area contributed by atoms with Gasteiger partial charge in [0, 0.05) is 18.7 Å². The van der Waals surface area contributed by atoms with Gasteiger partial charge in [-0.3, -0.25) is 4.79 Å². The van der Waals surface area contributed by atoms with Gasteiger partial charge in [0.05, 0.1) is 11.9 Å². The number of esters is 1. The number of carbonyl (C=O) groups excluding carboxylic acids is 1. The maximum atomic E-state index is 13.4. The van der Waals surface area contributed by atoms with E-state index < -0.39 is 38.2 Å². The van der Waals surface area contributed by atoms with Crippen LogP contribution in [-0.4, -0.2) is 39.0 Å². The van der Waals surface area contributed by atoms with Crippen molar-refractivity contribution in [2.24, 2.45) is 11.1 Å². The zero-order valence-corrected chi connectivity index (χ0v) is 12.7. The summed E-state index contributed by atoms with van der Waals surface area (Å²) in [5, 5.41) is -0.976. The summed E-state index contributed by atoms with van der Waals surface area (Å²) in [4.78, 5) is 12.2. The molecule has 116 valence electrons. The molecule has 0 amide bonds. The van der Waals surface area contributed by atoms with E-state index in [1.807, 2.05) is 0 Å². The van der Waals surface area contributed by atoms with E-state index in [1.54, 1.807) is 13.0 Å². The van der Waals surface area contributed by atoms with Crippen LogP contribution in [0.1, 0.15) is 18.4 Å². The molecule has 1 aliphatic rings. The van der Waals surface area contributed by atoms with E-state index in [1.165, 1.54) is 18.2 Å². The predicted octanol–water partition coefficient (Wildman–Crippen LogP) is 0.844. The van der Waals surface area contributed by atoms with E-state index in [4.69, 9.17) is 10.5 Å². The summed E-state index contributed by atoms with van der Waals surface area (Å²) in [5.74, 6) is -1.80. The first-order valence-electron chi connectivity index (χ1n) is 6.60. The van der Waals surface area contributed by atoms with Crippen molar-refractivity contribution < 1.29 is 22.3 Å². The van der Waals surface area contributed by atoms with E-state index in [0.717, 1.165) is 6.26 Å². The summed E-state index contributed by atoms with van der Waals surface area (Å²) in [6.45, 7) is 1.61. The highest BCUT2D eigenvalue weighted by Crippen LogP contribution is 2.62. The molecule has 1 saturated carbocycles. The maximum absolute atomic E-state index is 13.4. The second-order valence-electron chi connectivity index (χ2n) is 5.25. The zero-order chi connectivity index (χ0) is 15.8. The van der Waals surface area contributed by atoms with Gasteiger partial charge in [0.25, 0.3) is 0 Å². The van der Waals surface area contributed by atoms with Crippen LogP contribution in [0, 0.1) is 11.2 Å². The van der Waals surface area contributed by atoms with E-state index in [-0.39, 0.29) is 13.2 Å². The number of nitrogens with two attached hydrogens (primary N) is 1. The van der Waals surface area contributed by atoms with Gasteiger partial charge in [0.2, 0.25) is 0 Å². The van der Waals surface area contributed by atoms with Crippen molar-refractivity contribution in [3.63, 3.8) is 0 Å². The molecular formula is C14H18FNO4S. The summed E-state index contributed by atoms with van der Waals surface area (Å²) in [7, 11) is -3.53. The van der Waals surface area contributed by atoms with Gasteiger partial charge in [-0.1, -0.05) is 12.1 Å². The molecule has 3 unspecified atom stereocenters. The second kappa shape index (κ2) is 5.38. The summed E-state index contributed by atoms with van der Waals surface area (Å²) in [6, 6.07) is 5.58. The standard InChI is InChI=1S/C14H18FNO4S/c1-3-20-13(17)14(8-16)11(12(14)21(2,18)19)9-5-4-6-10(15)7-9/h4-7,11-12H,3,8,16H2,1-2H3. The van der Waals surface area contributed by atoms with Gasteiger partial charge in [-0.05, 0) is 24.6 Å². The van der Waals surface area contributed by atoms with Crippen LogP contribution in [0.3, 0.4) is 0 Å². The highest BCUT2D eigenvalue weighted by atomic mass is 32.2. The molecule has 2 N–H and O–H groups in total. The van der Waals surface area contributed by atoms with Crippen molar-refractivity contribution in [2.75, 3.05) is 19.4 Å². The Hall–Kier alpha value is -1.47. The molecular weight excluding hydrogens is 297 g/mol. The quantitative estimate of drug-likeness (QED) is 0.814. The third kappa shape index (κ3) is 2.55. The Morgan fingerprint density at radius 3 is 2.62 bits per heavy atom. The van der Waals surface area contributed by atoms with Gasteiger partial charge in [-0.15, -0.1) is 0 Å². The molecule has 0 aliphatic heterocycles. The summed E-state index contributed by atoms with van der Waals surface area (Å²) < 4.78 is 42.4. The zero-order valence-electron chi connectivity index (χ0n) is 11.9. The third-order valence-electron chi connectivity index (χ3n) is 3.92. The first-order chi connectivity index (χ1) is 9.79. The first kappa shape index (κ1) is 15.9. The number of ether oxygens (including phenoxy) is 1. The Balaban J connectivity index is 2.50. The molecule has 1 aliphatic carbocycles. The van der Waals surface area contributed by atoms with Crippen LogP contribution in [0.25, 0.3) is 0 Å². The van der Waals surface area contributed by atoms with Gasteiger partial charge < -0.3 is 10.5 Å². The van der Waals surface area contributed by atoms with Crippen LogP contribution in [0.15, 0.2) is 24.3 Å². The van der Waals surface area contributed by atoms with E-state index in [9.17, 15) is 17.6 Å². The molecule has 1 aromatic carbocycles. The van der Waals surface area contributed by atoms with E-state index in [2.05, 4.69) is 0 Å². The first-order valence-corrected chi connectivity index (χ1v) is 8.56. The minimum Gasteiger partial charge on any atom is -0.465 e. The molecule has 5 nitrogen and oxygen atoms in total. The lowest BCUT2D eigenvalue weighted by atomic mass is 9.99. The molecule has 3 atom stereocenters. The molecule has 0 bridgehead atoms. The van der Waals surface area contributed by atoms with Gasteiger partial charge in [0.15, 0.2) is 9.84 Å². The fraction of sp³-hybridized carbons (Fsp3) is 0.500. The average molecular weight is 315 g/mol. The Kier molecular flexibility index (Phi) is 4.08. The second-order valence-corrected chi connectivity index (χ2v) is 7.41. The monoisotopic (exact) mass is 315 g/mol. The SMILES string of the molecule is CCOC(=O)C1(CN)C(c2cccc(F)c2)C1S(C)(=O)=O. The summed E-state index contributed by atoms with van der Waals surface area (Å²) in [5.41, 5.74) is 4.82. The molecule has 21 heavy (non-hydrogen) atoms. The normalized spacial score (nSPS) is 28.2. The number of sulfone groups is 1. The van der Waals surface area contributed by atoms with Gasteiger partial charge in [0.1, 0.15) is 11.2 Å². The molecule has 7 heteroatoms. The minimum atomic E-state index is -3.53. The fourth-order valence-electron chi connectivity index (χ4n) is 3.04. The lowest BCUT2D eigenvalue weighted by Gasteiger charge is -2.14. The Morgan fingerprint density at radius 1 is 1.48 bits per heavy atom. The van der Waals surface area contributed by atoms with Crippen LogP contribution in [0.5, 0.6) is 0 Å². The van der Waals surface area contributed by atoms with Crippen molar-refractivity contribution >= 4 is 15.8 Å². The lowest BCUT2D eigenvalue weighted by molar-refractivity contribution is -0.149. The van der Waals surface area contributed by atoms with Crippen LogP contribution in [-0.2, 0) is 19.4 Å². The van der Waals surface area contributed by atoms with Crippen LogP contribution >= 0.6 is 0 Å². The number of benzene rings is 1. The number of halogens is 1. The number of rotatable bonds is 5. The fourth-order valence-corrected chi connectivity index (χ4v) is 4.96. The van der Waals surface area contributed by atoms with Crippen molar-refractivity contribution in [1.29, 1.82) is 0 Å². The molecule has 0 saturated heterocycles. The summed E-state index contributed by atoms with van der Waals surface area (Å²) >= 11 is 0. The number of hydrogen-bond acceptors (Lipinski definition) is 5. The van der Waals surface area contributed by atoms with Crippen molar-refractivity contribution in [3.8, 4) is 0 Å². The van der Waals surface area contributed by atoms with Crippen LogP contribution < -0.4 is 5.73 Å². The molecule has 1 aromatic rings. The van der Waals surface area contributed by atoms with Gasteiger partial charge >= 0.3 is 5.97 Å². The van der Waals surface area contributed by atoms with Crippen molar-refractivity contribution in [3.05, 3.63) is 35.6 Å². The Labute approximate surface area is 123 Å². The smallest absolute Gasteiger partial charge is 0.315 e. The minimum absolute atomic E-state index is 0.132. The maximum Gasteiger partial charge on any atom is 0.315 e. The average Bonchev–Trinajstić information content (AvgIpc) is 3.09. The molecule has 2 rings (SSSR count). The van der Waals surface area contributed by atoms with Crippen molar-refractivity contribution in [1.82, 2.24) is 0 Å².